The summed E-state index contributed by atoms with van der Waals surface area (Å²) in [7, 11) is 1.75. The van der Waals surface area contributed by atoms with Gasteiger partial charge in [-0.05, 0) is 24.6 Å². The fraction of sp³-hybridized carbons (Fsp3) is 0.421. The highest BCUT2D eigenvalue weighted by Gasteiger charge is 2.25. The molecule has 1 fully saturated rings. The first-order valence-corrected chi connectivity index (χ1v) is 9.40. The minimum absolute atomic E-state index is 0. The summed E-state index contributed by atoms with van der Waals surface area (Å²) in [6, 6.07) is 7.62. The van der Waals surface area contributed by atoms with E-state index >= 15 is 0 Å². The fourth-order valence-corrected chi connectivity index (χ4v) is 3.25. The number of hydrogen-bond donors (Lipinski definition) is 1. The zero-order chi connectivity index (χ0) is 19.2. The molecule has 1 aromatic heterocycles. The van der Waals surface area contributed by atoms with Crippen molar-refractivity contribution in [1.29, 1.82) is 0 Å². The number of nitrogens with one attached hydrogen (secondary N) is 1. The van der Waals surface area contributed by atoms with Crippen molar-refractivity contribution < 1.29 is 4.79 Å². The second-order valence-electron chi connectivity index (χ2n) is 6.51. The number of hydrogen-bond acceptors (Lipinski definition) is 3. The van der Waals surface area contributed by atoms with Gasteiger partial charge in [-0.3, -0.25) is 9.79 Å². The Labute approximate surface area is 187 Å². The molecule has 152 valence electrons. The van der Waals surface area contributed by atoms with Gasteiger partial charge >= 0.3 is 0 Å². The molecule has 0 atom stereocenters. The van der Waals surface area contributed by atoms with E-state index < -0.39 is 0 Å². The van der Waals surface area contributed by atoms with Crippen molar-refractivity contribution >= 4 is 47.4 Å². The van der Waals surface area contributed by atoms with Gasteiger partial charge in [0.2, 0.25) is 5.91 Å². The first-order valence-electron chi connectivity index (χ1n) is 9.02. The Kier molecular flexibility index (Phi) is 8.56. The quantitative estimate of drug-likeness (QED) is 0.377. The highest BCUT2D eigenvalue weighted by molar-refractivity contribution is 14.0. The van der Waals surface area contributed by atoms with Crippen LogP contribution >= 0.6 is 35.6 Å². The third kappa shape index (κ3) is 5.84. The second kappa shape index (κ2) is 10.7. The molecule has 2 aromatic rings. The number of halogens is 2. The van der Waals surface area contributed by atoms with Gasteiger partial charge in [0, 0.05) is 57.2 Å². The van der Waals surface area contributed by atoms with Crippen LogP contribution in [-0.4, -0.2) is 64.4 Å². The number of guanidine groups is 1. The molecule has 1 N–H and O–H groups in total. The van der Waals surface area contributed by atoms with E-state index in [9.17, 15) is 4.79 Å². The van der Waals surface area contributed by atoms with E-state index in [4.69, 9.17) is 11.6 Å². The Balaban J connectivity index is 0.00000280. The van der Waals surface area contributed by atoms with Crippen molar-refractivity contribution in [3.63, 3.8) is 0 Å². The summed E-state index contributed by atoms with van der Waals surface area (Å²) >= 11 is 5.92. The standard InChI is InChI=1S/C19H25ClN6O.HI/c1-15-22-7-9-24(15)10-8-23-19(21-2)26-12-11-25(18(27)14-26)13-16-3-5-17(20)6-4-16;/h3-7,9H,8,10-14H2,1-2H3,(H,21,23);1H. The number of carbonyl (C=O) groups is 1. The lowest BCUT2D eigenvalue weighted by molar-refractivity contribution is -0.135. The Morgan fingerprint density at radius 2 is 2.04 bits per heavy atom. The summed E-state index contributed by atoms with van der Waals surface area (Å²) < 4.78 is 2.08. The molecule has 0 radical (unpaired) electrons. The maximum atomic E-state index is 12.6. The Morgan fingerprint density at radius 1 is 1.29 bits per heavy atom. The molecule has 3 rings (SSSR count). The average Bonchev–Trinajstić information content (AvgIpc) is 3.07. The van der Waals surface area contributed by atoms with Crippen LogP contribution in [0, 0.1) is 6.92 Å². The number of nitrogens with zero attached hydrogens (tertiary/aromatic N) is 5. The number of aryl methyl sites for hydroxylation is 1. The molecule has 7 nitrogen and oxygen atoms in total. The number of benzene rings is 1. The molecule has 9 heteroatoms. The van der Waals surface area contributed by atoms with Gasteiger partial charge in [0.15, 0.2) is 5.96 Å². The highest BCUT2D eigenvalue weighted by Crippen LogP contribution is 2.13. The fourth-order valence-electron chi connectivity index (χ4n) is 3.13. The molecule has 1 amide bonds. The normalized spacial score (nSPS) is 14.8. The zero-order valence-electron chi connectivity index (χ0n) is 16.1. The third-order valence-electron chi connectivity index (χ3n) is 4.68. The van der Waals surface area contributed by atoms with E-state index in [1.54, 1.807) is 13.2 Å². The zero-order valence-corrected chi connectivity index (χ0v) is 19.2. The van der Waals surface area contributed by atoms with Gasteiger partial charge in [-0.25, -0.2) is 4.98 Å². The van der Waals surface area contributed by atoms with Crippen molar-refractivity contribution in [3.8, 4) is 0 Å². The number of aromatic nitrogens is 2. The van der Waals surface area contributed by atoms with Crippen LogP contribution in [-0.2, 0) is 17.9 Å². The molecular weight excluding hydrogens is 491 g/mol. The summed E-state index contributed by atoms with van der Waals surface area (Å²) in [4.78, 5) is 25.0. The molecular formula is C19H26ClIN6O. The van der Waals surface area contributed by atoms with E-state index in [1.165, 1.54) is 0 Å². The van der Waals surface area contributed by atoms with Gasteiger partial charge in [0.1, 0.15) is 5.82 Å². The molecule has 1 saturated heterocycles. The van der Waals surface area contributed by atoms with Crippen LogP contribution in [0.2, 0.25) is 5.02 Å². The summed E-state index contributed by atoms with van der Waals surface area (Å²) in [6.45, 7) is 5.87. The summed E-state index contributed by atoms with van der Waals surface area (Å²) in [6.07, 6.45) is 3.75. The topological polar surface area (TPSA) is 65.8 Å². The second-order valence-corrected chi connectivity index (χ2v) is 6.94. The smallest absolute Gasteiger partial charge is 0.242 e. The lowest BCUT2D eigenvalue weighted by Gasteiger charge is -2.36. The van der Waals surface area contributed by atoms with Gasteiger partial charge < -0.3 is 19.7 Å². The van der Waals surface area contributed by atoms with Crippen molar-refractivity contribution in [3.05, 3.63) is 53.1 Å². The molecule has 1 aliphatic heterocycles. The first-order chi connectivity index (χ1) is 13.1. The molecule has 0 saturated carbocycles. The highest BCUT2D eigenvalue weighted by atomic mass is 127. The number of rotatable bonds is 5. The van der Waals surface area contributed by atoms with Crippen LogP contribution in [0.3, 0.4) is 0 Å². The van der Waals surface area contributed by atoms with Crippen molar-refractivity contribution in [2.75, 3.05) is 33.2 Å². The summed E-state index contributed by atoms with van der Waals surface area (Å²) in [5.74, 6) is 1.84. The molecule has 0 unspecified atom stereocenters. The van der Waals surface area contributed by atoms with Gasteiger partial charge in [0.05, 0.1) is 6.54 Å². The largest absolute Gasteiger partial charge is 0.354 e. The molecule has 1 aromatic carbocycles. The van der Waals surface area contributed by atoms with E-state index in [-0.39, 0.29) is 29.9 Å². The summed E-state index contributed by atoms with van der Waals surface area (Å²) in [5, 5.41) is 4.04. The van der Waals surface area contributed by atoms with Crippen LogP contribution in [0.25, 0.3) is 0 Å². The van der Waals surface area contributed by atoms with Crippen molar-refractivity contribution in [2.24, 2.45) is 4.99 Å². The molecule has 1 aliphatic rings. The first kappa shape index (κ1) is 22.5. The number of carbonyl (C=O) groups excluding carboxylic acids is 1. The van der Waals surface area contributed by atoms with E-state index in [0.29, 0.717) is 24.7 Å². The van der Waals surface area contributed by atoms with Gasteiger partial charge in [0.25, 0.3) is 0 Å². The molecule has 0 spiro atoms. The third-order valence-corrected chi connectivity index (χ3v) is 4.93. The predicted molar refractivity (Wildman–Crippen MR) is 122 cm³/mol. The lowest BCUT2D eigenvalue weighted by Crippen LogP contribution is -2.55. The predicted octanol–water partition coefficient (Wildman–Crippen LogP) is 2.38. The van der Waals surface area contributed by atoms with Crippen LogP contribution < -0.4 is 5.32 Å². The van der Waals surface area contributed by atoms with Crippen LogP contribution in [0.4, 0.5) is 0 Å². The Bertz CT molecular complexity index is 807. The van der Waals surface area contributed by atoms with Gasteiger partial charge in [-0.2, -0.15) is 0 Å². The van der Waals surface area contributed by atoms with Gasteiger partial charge in [-0.15, -0.1) is 24.0 Å². The maximum absolute atomic E-state index is 12.6. The minimum Gasteiger partial charge on any atom is -0.354 e. The monoisotopic (exact) mass is 516 g/mol. The van der Waals surface area contributed by atoms with Crippen LogP contribution in [0.5, 0.6) is 0 Å². The Morgan fingerprint density at radius 3 is 2.64 bits per heavy atom. The number of aliphatic imine (C=N–C) groups is 1. The van der Waals surface area contributed by atoms with Gasteiger partial charge in [-0.1, -0.05) is 23.7 Å². The SMILES string of the molecule is CN=C(NCCn1ccnc1C)N1CCN(Cc2ccc(Cl)cc2)C(=O)C1.I. The number of piperazine rings is 1. The van der Waals surface area contributed by atoms with Crippen LogP contribution in [0.15, 0.2) is 41.7 Å². The van der Waals surface area contributed by atoms with Crippen molar-refractivity contribution in [1.82, 2.24) is 24.7 Å². The lowest BCUT2D eigenvalue weighted by atomic mass is 10.2. The number of amides is 1. The number of imidazole rings is 1. The molecule has 0 aliphatic carbocycles. The average molecular weight is 517 g/mol. The molecule has 0 bridgehead atoms. The van der Waals surface area contributed by atoms with Crippen LogP contribution in [0.1, 0.15) is 11.4 Å². The summed E-state index contributed by atoms with van der Waals surface area (Å²) in [5.41, 5.74) is 1.08. The molecule has 2 heterocycles. The van der Waals surface area contributed by atoms with E-state index in [2.05, 4.69) is 19.9 Å². The maximum Gasteiger partial charge on any atom is 0.242 e. The van der Waals surface area contributed by atoms with E-state index in [0.717, 1.165) is 37.0 Å². The Hall–Kier alpha value is -1.81. The minimum atomic E-state index is 0. The molecule has 28 heavy (non-hydrogen) atoms. The van der Waals surface area contributed by atoms with Crippen molar-refractivity contribution in [2.45, 2.75) is 20.0 Å². The van der Waals surface area contributed by atoms with E-state index in [1.807, 2.05) is 47.2 Å².